The van der Waals surface area contributed by atoms with E-state index in [1.165, 1.54) is 11.0 Å². The van der Waals surface area contributed by atoms with Gasteiger partial charge < -0.3 is 9.47 Å². The van der Waals surface area contributed by atoms with E-state index in [4.69, 9.17) is 9.47 Å². The number of aromatic nitrogens is 2. The largest absolute Gasteiger partial charge is 0.515 e. The molecule has 0 saturated carbocycles. The molecule has 1 aliphatic heterocycles. The van der Waals surface area contributed by atoms with Crippen LogP contribution < -0.4 is 9.64 Å². The predicted octanol–water partition coefficient (Wildman–Crippen LogP) is 4.48. The van der Waals surface area contributed by atoms with Gasteiger partial charge >= 0.3 is 6.16 Å². The van der Waals surface area contributed by atoms with E-state index in [0.717, 1.165) is 31.4 Å². The number of hydrogen-bond donors (Lipinski definition) is 0. The number of amides is 1. The molecule has 2 aromatic rings. The zero-order chi connectivity index (χ0) is 21.7. The Morgan fingerprint density at radius 1 is 1.20 bits per heavy atom. The van der Waals surface area contributed by atoms with Crippen molar-refractivity contribution < 1.29 is 27.8 Å². The number of nitrogens with zero attached hydrogens (tertiary/aromatic N) is 3. The highest BCUT2D eigenvalue weighted by Crippen LogP contribution is 2.34. The van der Waals surface area contributed by atoms with E-state index in [-0.39, 0.29) is 30.4 Å². The first kappa shape index (κ1) is 21.7. The van der Waals surface area contributed by atoms with Gasteiger partial charge in [0.15, 0.2) is 17.5 Å². The van der Waals surface area contributed by atoms with Gasteiger partial charge in [0.1, 0.15) is 5.82 Å². The molecule has 1 amide bonds. The van der Waals surface area contributed by atoms with Crippen LogP contribution in [0.3, 0.4) is 0 Å². The molecule has 3 rings (SSSR count). The van der Waals surface area contributed by atoms with Crippen molar-refractivity contribution in [2.45, 2.75) is 52.5 Å². The number of rotatable bonds is 7. The first-order valence-electron chi connectivity index (χ1n) is 10.2. The summed E-state index contributed by atoms with van der Waals surface area (Å²) < 4.78 is 39.2. The fourth-order valence-electron chi connectivity index (χ4n) is 3.35. The molecule has 9 heteroatoms. The molecule has 2 heterocycles. The topological polar surface area (TPSA) is 73.7 Å². The van der Waals surface area contributed by atoms with Crippen LogP contribution in [0.1, 0.15) is 55.7 Å². The lowest BCUT2D eigenvalue weighted by Gasteiger charge is -2.22. The van der Waals surface area contributed by atoms with Crippen LogP contribution in [0.15, 0.2) is 18.2 Å². The van der Waals surface area contributed by atoms with Gasteiger partial charge in [0.05, 0.1) is 6.61 Å². The van der Waals surface area contributed by atoms with Crippen LogP contribution in [0.4, 0.5) is 19.4 Å². The zero-order valence-electron chi connectivity index (χ0n) is 17.1. The molecule has 0 aliphatic carbocycles. The Bertz CT molecular complexity index is 929. The van der Waals surface area contributed by atoms with E-state index < -0.39 is 23.7 Å². The highest BCUT2D eigenvalue weighted by Gasteiger charge is 2.30. The molecule has 1 aliphatic rings. The molecule has 1 aromatic carbocycles. The maximum atomic E-state index is 13.7. The van der Waals surface area contributed by atoms with E-state index in [1.54, 1.807) is 11.5 Å². The summed E-state index contributed by atoms with van der Waals surface area (Å²) in [6.07, 6.45) is 3.05. The number of carbonyl (C=O) groups excluding carboxylic acids is 2. The smallest absolute Gasteiger partial charge is 0.434 e. The van der Waals surface area contributed by atoms with Crippen LogP contribution in [0.5, 0.6) is 5.88 Å². The Morgan fingerprint density at radius 3 is 2.70 bits per heavy atom. The van der Waals surface area contributed by atoms with Crippen LogP contribution in [0.25, 0.3) is 0 Å². The number of fused-ring (bicyclic) bond motifs is 1. The number of halogens is 2. The van der Waals surface area contributed by atoms with Crippen LogP contribution in [-0.4, -0.2) is 34.8 Å². The summed E-state index contributed by atoms with van der Waals surface area (Å²) in [4.78, 5) is 31.2. The van der Waals surface area contributed by atoms with Crippen molar-refractivity contribution in [3.63, 3.8) is 0 Å². The van der Waals surface area contributed by atoms with Crippen molar-refractivity contribution in [2.75, 3.05) is 18.1 Å². The molecule has 162 valence electrons. The second-order valence-electron chi connectivity index (χ2n) is 6.99. The van der Waals surface area contributed by atoms with E-state index in [0.29, 0.717) is 25.2 Å². The normalized spacial score (nSPS) is 12.9. The Hall–Kier alpha value is -2.97. The third kappa shape index (κ3) is 4.60. The number of benzene rings is 1. The number of carbonyl (C=O) groups is 2. The van der Waals surface area contributed by atoms with Gasteiger partial charge in [-0.05, 0) is 44.4 Å². The fourth-order valence-corrected chi connectivity index (χ4v) is 3.35. The Balaban J connectivity index is 2.04. The first-order valence-corrected chi connectivity index (χ1v) is 10.2. The minimum absolute atomic E-state index is 0.0157. The standard InChI is InChI=1S/C21H25F2N3O4/c1-3-5-11-26(19(27)14-9-10-15(22)16(23)13-14)18-20(30-21(28)29-4-2)25-12-7-6-8-17(25)24-18/h9-10,13H,3-8,11-12H2,1-2H3. The summed E-state index contributed by atoms with van der Waals surface area (Å²) in [5, 5.41) is 0. The summed E-state index contributed by atoms with van der Waals surface area (Å²) in [6, 6.07) is 2.99. The van der Waals surface area contributed by atoms with Gasteiger partial charge in [0, 0.05) is 25.1 Å². The minimum atomic E-state index is -1.11. The Morgan fingerprint density at radius 2 is 2.00 bits per heavy atom. The van der Waals surface area contributed by atoms with Gasteiger partial charge in [-0.15, -0.1) is 0 Å². The van der Waals surface area contributed by atoms with E-state index in [9.17, 15) is 18.4 Å². The van der Waals surface area contributed by atoms with Crippen molar-refractivity contribution in [1.82, 2.24) is 9.55 Å². The highest BCUT2D eigenvalue weighted by atomic mass is 19.2. The van der Waals surface area contributed by atoms with Crippen molar-refractivity contribution in [3.05, 3.63) is 41.2 Å². The number of aryl methyl sites for hydroxylation is 1. The molecule has 0 atom stereocenters. The number of ether oxygens (including phenoxy) is 2. The second kappa shape index (κ2) is 9.69. The van der Waals surface area contributed by atoms with E-state index in [2.05, 4.69) is 4.98 Å². The third-order valence-electron chi connectivity index (χ3n) is 4.86. The molecule has 0 fully saturated rings. The molecule has 0 unspecified atom stereocenters. The number of unbranched alkanes of at least 4 members (excludes halogenated alkanes) is 1. The molecule has 7 nitrogen and oxygen atoms in total. The average molecular weight is 421 g/mol. The predicted molar refractivity (Wildman–Crippen MR) is 106 cm³/mol. The first-order chi connectivity index (χ1) is 14.5. The Labute approximate surface area is 173 Å². The van der Waals surface area contributed by atoms with E-state index >= 15 is 0 Å². The minimum Gasteiger partial charge on any atom is -0.434 e. The van der Waals surface area contributed by atoms with Crippen LogP contribution in [-0.2, 0) is 17.7 Å². The monoisotopic (exact) mass is 421 g/mol. The molecule has 0 bridgehead atoms. The SMILES string of the molecule is CCCCN(C(=O)c1ccc(F)c(F)c1)c1nc2n(c1OC(=O)OCC)CCCC2. The summed E-state index contributed by atoms with van der Waals surface area (Å²) in [7, 11) is 0. The van der Waals surface area contributed by atoms with Gasteiger partial charge in [-0.25, -0.2) is 18.6 Å². The van der Waals surface area contributed by atoms with Gasteiger partial charge in [-0.2, -0.15) is 0 Å². The molecule has 0 saturated heterocycles. The summed E-state index contributed by atoms with van der Waals surface area (Å²) in [6.45, 7) is 4.65. The van der Waals surface area contributed by atoms with Gasteiger partial charge in [0.25, 0.3) is 11.8 Å². The number of imidazole rings is 1. The van der Waals surface area contributed by atoms with Gasteiger partial charge in [-0.1, -0.05) is 13.3 Å². The molecule has 1 aromatic heterocycles. The number of hydrogen-bond acceptors (Lipinski definition) is 5. The number of anilines is 1. The van der Waals surface area contributed by atoms with Crippen molar-refractivity contribution in [1.29, 1.82) is 0 Å². The lowest BCUT2D eigenvalue weighted by molar-refractivity contribution is 0.0964. The zero-order valence-corrected chi connectivity index (χ0v) is 17.1. The quantitative estimate of drug-likeness (QED) is 0.617. The molecular formula is C21H25F2N3O4. The van der Waals surface area contributed by atoms with Gasteiger partial charge in [0.2, 0.25) is 0 Å². The van der Waals surface area contributed by atoms with Crippen molar-refractivity contribution >= 4 is 17.9 Å². The molecule has 30 heavy (non-hydrogen) atoms. The van der Waals surface area contributed by atoms with Crippen LogP contribution in [0, 0.1) is 11.6 Å². The second-order valence-corrected chi connectivity index (χ2v) is 6.99. The fraction of sp³-hybridized carbons (Fsp3) is 0.476. The van der Waals surface area contributed by atoms with Crippen molar-refractivity contribution in [2.24, 2.45) is 0 Å². The summed E-state index contributed by atoms with van der Waals surface area (Å²) in [5.41, 5.74) is -0.0157. The lowest BCUT2D eigenvalue weighted by atomic mass is 10.1. The Kier molecular flexibility index (Phi) is 7.02. The summed E-state index contributed by atoms with van der Waals surface area (Å²) in [5.74, 6) is -1.67. The lowest BCUT2D eigenvalue weighted by Crippen LogP contribution is -2.33. The molecular weight excluding hydrogens is 396 g/mol. The third-order valence-corrected chi connectivity index (χ3v) is 4.86. The van der Waals surface area contributed by atoms with Crippen LogP contribution in [0.2, 0.25) is 0 Å². The molecule has 0 N–H and O–H groups in total. The van der Waals surface area contributed by atoms with E-state index in [1.807, 2.05) is 6.92 Å². The van der Waals surface area contributed by atoms with Gasteiger partial charge in [-0.3, -0.25) is 14.3 Å². The highest BCUT2D eigenvalue weighted by molar-refractivity contribution is 6.06. The molecule has 0 spiro atoms. The van der Waals surface area contributed by atoms with Crippen molar-refractivity contribution in [3.8, 4) is 5.88 Å². The van der Waals surface area contributed by atoms with Crippen LogP contribution >= 0.6 is 0 Å². The average Bonchev–Trinajstić information content (AvgIpc) is 3.08. The summed E-state index contributed by atoms with van der Waals surface area (Å²) >= 11 is 0. The molecule has 0 radical (unpaired) electrons. The maximum Gasteiger partial charge on any atom is 0.515 e. The maximum absolute atomic E-state index is 13.7.